The fourth-order valence-electron chi connectivity index (χ4n) is 1.21. The van der Waals surface area contributed by atoms with Crippen LogP contribution in [0.25, 0.3) is 0 Å². The van der Waals surface area contributed by atoms with Crippen molar-refractivity contribution >= 4 is 0 Å². The van der Waals surface area contributed by atoms with E-state index in [4.69, 9.17) is 11.8 Å². The number of nitrogens with two attached hydrogens (primary N) is 1. The zero-order chi connectivity index (χ0) is 10.8. The van der Waals surface area contributed by atoms with E-state index in [1.54, 1.807) is 6.92 Å². The fraction of sp³-hybridized carbons (Fsp3) is 0.455. The Morgan fingerprint density at radius 3 is 2.46 bits per heavy atom. The molecule has 0 fully saturated rings. The lowest BCUT2D eigenvalue weighted by molar-refractivity contribution is 0.292. The summed E-state index contributed by atoms with van der Waals surface area (Å²) in [4.78, 5) is 0. The lowest BCUT2D eigenvalue weighted by Crippen LogP contribution is -2.24. The summed E-state index contributed by atoms with van der Waals surface area (Å²) in [5, 5.41) is 0. The Labute approximate surface area is 81.1 Å². The molecule has 1 unspecified atom stereocenters. The molecule has 0 aliphatic rings. The number of aryl methyl sites for hydroxylation is 2. The van der Waals surface area contributed by atoms with Gasteiger partial charge in [0.15, 0.2) is 0 Å². The van der Waals surface area contributed by atoms with Crippen molar-refractivity contribution in [3.8, 4) is 5.75 Å². The Bertz CT molecular complexity index is 297. The Hall–Kier alpha value is -1.02. The van der Waals surface area contributed by atoms with Gasteiger partial charge in [-0.3, -0.25) is 0 Å². The molecule has 0 aromatic heterocycles. The van der Waals surface area contributed by atoms with Crippen LogP contribution in [0.5, 0.6) is 5.75 Å². The summed E-state index contributed by atoms with van der Waals surface area (Å²) >= 11 is 0. The van der Waals surface area contributed by atoms with Crippen LogP contribution in [-0.2, 0) is 0 Å². The highest BCUT2D eigenvalue weighted by Gasteiger charge is 2.03. The third-order valence-electron chi connectivity index (χ3n) is 1.85. The zero-order valence-corrected chi connectivity index (χ0v) is 8.42. The molecule has 1 aromatic carbocycles. The van der Waals surface area contributed by atoms with Crippen molar-refractivity contribution in [2.45, 2.75) is 26.8 Å². The molecular weight excluding hydrogens is 162 g/mol. The number of rotatable bonds is 3. The maximum atomic E-state index is 7.47. The molecule has 1 aromatic rings. The van der Waals surface area contributed by atoms with Crippen LogP contribution in [0.15, 0.2) is 18.2 Å². The van der Waals surface area contributed by atoms with Crippen LogP contribution in [0.1, 0.15) is 19.4 Å². The van der Waals surface area contributed by atoms with Crippen LogP contribution in [0.4, 0.5) is 0 Å². The van der Waals surface area contributed by atoms with Gasteiger partial charge in [-0.05, 0) is 31.9 Å². The van der Waals surface area contributed by atoms with Gasteiger partial charge < -0.3 is 10.5 Å². The lowest BCUT2D eigenvalue weighted by Gasteiger charge is -2.13. The smallest absolute Gasteiger partial charge is 0.125 e. The molecular formula is C11H17NO. The second-order valence-corrected chi connectivity index (χ2v) is 3.36. The van der Waals surface area contributed by atoms with Gasteiger partial charge in [-0.25, -0.2) is 0 Å². The van der Waals surface area contributed by atoms with Gasteiger partial charge in [-0.1, -0.05) is 18.2 Å². The van der Waals surface area contributed by atoms with E-state index in [0.717, 1.165) is 16.9 Å². The monoisotopic (exact) mass is 180 g/mol. The summed E-state index contributed by atoms with van der Waals surface area (Å²) in [6.07, 6.45) is 0. The molecule has 1 atom stereocenters. The Morgan fingerprint density at radius 1 is 1.46 bits per heavy atom. The molecule has 0 saturated heterocycles. The molecule has 1 rings (SSSR count). The number of ether oxygens (including phenoxy) is 1. The van der Waals surface area contributed by atoms with Crippen molar-refractivity contribution in [2.24, 2.45) is 5.73 Å². The normalized spacial score (nSPS) is 16.2. The van der Waals surface area contributed by atoms with Gasteiger partial charge in [-0.15, -0.1) is 0 Å². The maximum Gasteiger partial charge on any atom is 0.125 e. The summed E-state index contributed by atoms with van der Waals surface area (Å²) in [5.74, 6) is 0.844. The van der Waals surface area contributed by atoms with Gasteiger partial charge in [0.1, 0.15) is 12.4 Å². The molecule has 0 aliphatic heterocycles. The fourth-order valence-corrected chi connectivity index (χ4v) is 1.21. The number of benzene rings is 1. The van der Waals surface area contributed by atoms with Crippen LogP contribution in [0.2, 0.25) is 0 Å². The van der Waals surface area contributed by atoms with Crippen molar-refractivity contribution in [1.82, 2.24) is 0 Å². The third-order valence-corrected chi connectivity index (χ3v) is 1.85. The molecule has 72 valence electrons. The summed E-state index contributed by atoms with van der Waals surface area (Å²) < 4.78 is 13.0. The van der Waals surface area contributed by atoms with E-state index in [0.29, 0.717) is 0 Å². The van der Waals surface area contributed by atoms with Crippen LogP contribution >= 0.6 is 0 Å². The lowest BCUT2D eigenvalue weighted by atomic mass is 10.1. The molecule has 2 heteroatoms. The van der Waals surface area contributed by atoms with Crippen LogP contribution < -0.4 is 10.5 Å². The second-order valence-electron chi connectivity index (χ2n) is 3.36. The number of hydrogen-bond donors (Lipinski definition) is 1. The predicted octanol–water partition coefficient (Wildman–Crippen LogP) is 2.03. The van der Waals surface area contributed by atoms with E-state index in [9.17, 15) is 0 Å². The standard InChI is InChI=1S/C11H17NO/c1-8-5-4-6-9(2)11(8)13-7-10(3)12/h4-6,10H,7,12H2,1-3H3/i10D. The van der Waals surface area contributed by atoms with Crippen LogP contribution in [0, 0.1) is 13.8 Å². The van der Waals surface area contributed by atoms with Gasteiger partial charge in [0, 0.05) is 7.39 Å². The van der Waals surface area contributed by atoms with E-state index >= 15 is 0 Å². The van der Waals surface area contributed by atoms with Crippen LogP contribution in [-0.4, -0.2) is 12.6 Å². The minimum Gasteiger partial charge on any atom is -0.491 e. The molecule has 2 N–H and O–H groups in total. The first-order valence-corrected chi connectivity index (χ1v) is 4.38. The van der Waals surface area contributed by atoms with Gasteiger partial charge in [0.25, 0.3) is 0 Å². The molecule has 0 amide bonds. The van der Waals surface area contributed by atoms with Crippen molar-refractivity contribution < 1.29 is 6.11 Å². The largest absolute Gasteiger partial charge is 0.491 e. The highest BCUT2D eigenvalue weighted by Crippen LogP contribution is 2.22. The molecule has 0 radical (unpaired) electrons. The molecule has 0 bridgehead atoms. The van der Waals surface area contributed by atoms with Crippen molar-refractivity contribution in [2.75, 3.05) is 6.61 Å². The quantitative estimate of drug-likeness (QED) is 0.772. The molecule has 0 spiro atoms. The van der Waals surface area contributed by atoms with E-state index in [2.05, 4.69) is 0 Å². The summed E-state index contributed by atoms with van der Waals surface area (Å²) in [5.41, 5.74) is 7.68. The van der Waals surface area contributed by atoms with E-state index in [1.807, 2.05) is 32.0 Å². The minimum absolute atomic E-state index is 0.207. The van der Waals surface area contributed by atoms with E-state index < -0.39 is 6.02 Å². The first-order valence-electron chi connectivity index (χ1n) is 4.88. The first kappa shape index (κ1) is 8.57. The zero-order valence-electron chi connectivity index (χ0n) is 9.42. The Balaban J connectivity index is 2.77. The highest BCUT2D eigenvalue weighted by atomic mass is 16.5. The molecule has 0 saturated carbocycles. The summed E-state index contributed by atoms with van der Waals surface area (Å²) in [6, 6.07) is 4.93. The first-order chi connectivity index (χ1) is 6.40. The highest BCUT2D eigenvalue weighted by molar-refractivity contribution is 5.39. The summed E-state index contributed by atoms with van der Waals surface area (Å²) in [7, 11) is 0. The minimum atomic E-state index is -1.03. The average Bonchev–Trinajstić information content (AvgIpc) is 2.01. The maximum absolute atomic E-state index is 7.47. The van der Waals surface area contributed by atoms with Crippen molar-refractivity contribution in [3.05, 3.63) is 29.3 Å². The van der Waals surface area contributed by atoms with Crippen molar-refractivity contribution in [3.63, 3.8) is 0 Å². The number of hydrogen-bond acceptors (Lipinski definition) is 2. The van der Waals surface area contributed by atoms with Crippen LogP contribution in [0.3, 0.4) is 0 Å². The van der Waals surface area contributed by atoms with E-state index in [1.165, 1.54) is 0 Å². The second kappa shape index (κ2) is 4.28. The Kier molecular flexibility index (Phi) is 2.82. The average molecular weight is 180 g/mol. The summed E-state index contributed by atoms with van der Waals surface area (Å²) in [6.45, 7) is 5.81. The Morgan fingerprint density at radius 2 is 2.00 bits per heavy atom. The molecule has 0 aliphatic carbocycles. The van der Waals surface area contributed by atoms with Gasteiger partial charge in [0.2, 0.25) is 0 Å². The molecule has 13 heavy (non-hydrogen) atoms. The third kappa shape index (κ3) is 2.74. The van der Waals surface area contributed by atoms with Crippen molar-refractivity contribution in [1.29, 1.82) is 0 Å². The van der Waals surface area contributed by atoms with Gasteiger partial charge in [-0.2, -0.15) is 0 Å². The topological polar surface area (TPSA) is 35.2 Å². The predicted molar refractivity (Wildman–Crippen MR) is 55.1 cm³/mol. The number of para-hydroxylation sites is 1. The molecule has 0 heterocycles. The van der Waals surface area contributed by atoms with E-state index in [-0.39, 0.29) is 6.61 Å². The SMILES string of the molecule is [2H]C(C)(N)COc1c(C)cccc1C. The molecule has 2 nitrogen and oxygen atoms in total. The van der Waals surface area contributed by atoms with Gasteiger partial charge in [0.05, 0.1) is 0 Å². The van der Waals surface area contributed by atoms with Gasteiger partial charge >= 0.3 is 0 Å².